The third-order valence-electron chi connectivity index (χ3n) is 4.78. The zero-order valence-electron chi connectivity index (χ0n) is 16.2. The molecule has 0 spiro atoms. The molecule has 0 aliphatic carbocycles. The maximum atomic E-state index is 12.2. The van der Waals surface area contributed by atoms with Crippen molar-refractivity contribution >= 4 is 17.8 Å². The number of nitrogens with zero attached hydrogens (tertiary/aromatic N) is 4. The van der Waals surface area contributed by atoms with Crippen LogP contribution in [0.3, 0.4) is 0 Å². The fourth-order valence-corrected chi connectivity index (χ4v) is 3.15. The predicted octanol–water partition coefficient (Wildman–Crippen LogP) is 2.39. The third-order valence-corrected chi connectivity index (χ3v) is 4.78. The Kier molecular flexibility index (Phi) is 6.97. The summed E-state index contributed by atoms with van der Waals surface area (Å²) in [5.74, 6) is 0.639. The molecule has 0 N–H and O–H groups in total. The highest BCUT2D eigenvalue weighted by atomic mass is 16.6. The number of hydrogen-bond acceptors (Lipinski definition) is 5. The minimum absolute atomic E-state index is 0.0261. The van der Waals surface area contributed by atoms with Gasteiger partial charge in [0.15, 0.2) is 0 Å². The zero-order valence-corrected chi connectivity index (χ0v) is 16.2. The number of pyridine rings is 1. The Bertz CT molecular complexity index is 762. The van der Waals surface area contributed by atoms with Crippen LogP contribution in [-0.4, -0.2) is 66.1 Å². The molecule has 2 amide bonds. The van der Waals surface area contributed by atoms with Crippen LogP contribution in [0.4, 0.5) is 10.6 Å². The maximum absolute atomic E-state index is 12.2. The van der Waals surface area contributed by atoms with Crippen molar-refractivity contribution in [2.45, 2.75) is 13.5 Å². The van der Waals surface area contributed by atoms with Crippen LogP contribution >= 0.6 is 0 Å². The molecular formula is C21H26N4O3. The summed E-state index contributed by atoms with van der Waals surface area (Å²) in [6, 6.07) is 15.2. The van der Waals surface area contributed by atoms with E-state index in [-0.39, 0.29) is 18.6 Å². The zero-order chi connectivity index (χ0) is 19.8. The lowest BCUT2D eigenvalue weighted by Crippen LogP contribution is -2.50. The SMILES string of the molecule is CC(=O)N(CCN1CCN(C(=O)OCc2ccccc2)CC1)c1ccccn1. The Morgan fingerprint density at radius 1 is 1.04 bits per heavy atom. The lowest BCUT2D eigenvalue weighted by Gasteiger charge is -2.35. The molecule has 28 heavy (non-hydrogen) atoms. The van der Waals surface area contributed by atoms with Crippen molar-refractivity contribution < 1.29 is 14.3 Å². The first-order chi connectivity index (χ1) is 13.6. The van der Waals surface area contributed by atoms with E-state index in [1.165, 1.54) is 0 Å². The molecule has 0 unspecified atom stereocenters. The van der Waals surface area contributed by atoms with Crippen LogP contribution in [0.1, 0.15) is 12.5 Å². The fourth-order valence-electron chi connectivity index (χ4n) is 3.15. The first-order valence-corrected chi connectivity index (χ1v) is 9.50. The van der Waals surface area contributed by atoms with Crippen molar-refractivity contribution in [3.63, 3.8) is 0 Å². The van der Waals surface area contributed by atoms with Crippen LogP contribution in [0.25, 0.3) is 0 Å². The van der Waals surface area contributed by atoms with Gasteiger partial charge >= 0.3 is 6.09 Å². The van der Waals surface area contributed by atoms with Gasteiger partial charge in [0.05, 0.1) is 0 Å². The second kappa shape index (κ2) is 9.85. The highest BCUT2D eigenvalue weighted by Crippen LogP contribution is 2.11. The molecule has 0 bridgehead atoms. The van der Waals surface area contributed by atoms with Crippen molar-refractivity contribution in [1.29, 1.82) is 0 Å². The third kappa shape index (κ3) is 5.53. The monoisotopic (exact) mass is 382 g/mol. The van der Waals surface area contributed by atoms with E-state index in [4.69, 9.17) is 4.74 Å². The van der Waals surface area contributed by atoms with Crippen LogP contribution < -0.4 is 4.90 Å². The molecular weight excluding hydrogens is 356 g/mol. The molecule has 0 radical (unpaired) electrons. The Hall–Kier alpha value is -2.93. The average Bonchev–Trinajstić information content (AvgIpc) is 2.74. The molecule has 2 aromatic rings. The maximum Gasteiger partial charge on any atom is 0.410 e. The number of anilines is 1. The van der Waals surface area contributed by atoms with E-state index < -0.39 is 0 Å². The summed E-state index contributed by atoms with van der Waals surface area (Å²) in [6.07, 6.45) is 1.41. The smallest absolute Gasteiger partial charge is 0.410 e. The first-order valence-electron chi connectivity index (χ1n) is 9.50. The van der Waals surface area contributed by atoms with Crippen molar-refractivity contribution in [2.75, 3.05) is 44.2 Å². The molecule has 2 heterocycles. The highest BCUT2D eigenvalue weighted by Gasteiger charge is 2.23. The van der Waals surface area contributed by atoms with Gasteiger partial charge in [-0.25, -0.2) is 9.78 Å². The molecule has 1 saturated heterocycles. The molecule has 1 aliphatic heterocycles. The second-order valence-electron chi connectivity index (χ2n) is 6.73. The van der Waals surface area contributed by atoms with E-state index >= 15 is 0 Å². The highest BCUT2D eigenvalue weighted by molar-refractivity contribution is 5.90. The van der Waals surface area contributed by atoms with Gasteiger partial charge in [-0.1, -0.05) is 36.4 Å². The lowest BCUT2D eigenvalue weighted by atomic mass is 10.2. The number of amides is 2. The number of aromatic nitrogens is 1. The number of piperazine rings is 1. The van der Waals surface area contributed by atoms with Gasteiger partial charge in [-0.2, -0.15) is 0 Å². The van der Waals surface area contributed by atoms with Gasteiger partial charge in [-0.3, -0.25) is 14.6 Å². The van der Waals surface area contributed by atoms with Gasteiger partial charge in [0.25, 0.3) is 0 Å². The Morgan fingerprint density at radius 3 is 2.39 bits per heavy atom. The number of benzene rings is 1. The van der Waals surface area contributed by atoms with Crippen LogP contribution in [0.2, 0.25) is 0 Å². The summed E-state index contributed by atoms with van der Waals surface area (Å²) in [4.78, 5) is 34.1. The Balaban J connectivity index is 1.42. The summed E-state index contributed by atoms with van der Waals surface area (Å²) in [7, 11) is 0. The molecule has 3 rings (SSSR count). The van der Waals surface area contributed by atoms with Crippen molar-refractivity contribution in [2.24, 2.45) is 0 Å². The minimum Gasteiger partial charge on any atom is -0.445 e. The number of carbonyl (C=O) groups excluding carboxylic acids is 2. The van der Waals surface area contributed by atoms with Crippen LogP contribution in [0, 0.1) is 0 Å². The molecule has 0 atom stereocenters. The average molecular weight is 382 g/mol. The Labute approximate surface area is 165 Å². The van der Waals surface area contributed by atoms with Crippen LogP contribution in [-0.2, 0) is 16.1 Å². The van der Waals surface area contributed by atoms with Gasteiger partial charge in [-0.15, -0.1) is 0 Å². The summed E-state index contributed by atoms with van der Waals surface area (Å²) < 4.78 is 5.40. The summed E-state index contributed by atoms with van der Waals surface area (Å²) in [5, 5.41) is 0. The van der Waals surface area contributed by atoms with Crippen LogP contribution in [0.15, 0.2) is 54.7 Å². The van der Waals surface area contributed by atoms with Crippen molar-refractivity contribution in [1.82, 2.24) is 14.8 Å². The minimum atomic E-state index is -0.276. The summed E-state index contributed by atoms with van der Waals surface area (Å²) >= 11 is 0. The number of rotatable bonds is 6. The molecule has 7 heteroatoms. The molecule has 0 saturated carbocycles. The summed E-state index contributed by atoms with van der Waals surface area (Å²) in [6.45, 7) is 5.91. The number of ether oxygens (including phenoxy) is 1. The Morgan fingerprint density at radius 2 is 1.75 bits per heavy atom. The summed E-state index contributed by atoms with van der Waals surface area (Å²) in [5.41, 5.74) is 0.980. The molecule has 7 nitrogen and oxygen atoms in total. The quantitative estimate of drug-likeness (QED) is 0.768. The van der Waals surface area contributed by atoms with E-state index in [0.717, 1.165) is 25.2 Å². The van der Waals surface area contributed by atoms with Gasteiger partial charge in [0.2, 0.25) is 5.91 Å². The predicted molar refractivity (Wildman–Crippen MR) is 107 cm³/mol. The van der Waals surface area contributed by atoms with E-state index in [1.54, 1.807) is 22.9 Å². The van der Waals surface area contributed by atoms with E-state index in [2.05, 4.69) is 9.88 Å². The number of carbonyl (C=O) groups is 2. The largest absolute Gasteiger partial charge is 0.445 e. The van der Waals surface area contributed by atoms with Gasteiger partial charge in [0.1, 0.15) is 12.4 Å². The lowest BCUT2D eigenvalue weighted by molar-refractivity contribution is -0.116. The fraction of sp³-hybridized carbons (Fsp3) is 0.381. The van der Waals surface area contributed by atoms with Gasteiger partial charge in [-0.05, 0) is 17.7 Å². The molecule has 1 aromatic carbocycles. The van der Waals surface area contributed by atoms with Crippen molar-refractivity contribution in [3.8, 4) is 0 Å². The van der Waals surface area contributed by atoms with E-state index in [0.29, 0.717) is 25.5 Å². The van der Waals surface area contributed by atoms with Gasteiger partial charge < -0.3 is 9.64 Å². The van der Waals surface area contributed by atoms with Gasteiger partial charge in [0, 0.05) is 52.4 Å². The van der Waals surface area contributed by atoms with Crippen LogP contribution in [0.5, 0.6) is 0 Å². The molecule has 148 valence electrons. The first kappa shape index (κ1) is 19.8. The topological polar surface area (TPSA) is 66.0 Å². The number of hydrogen-bond donors (Lipinski definition) is 0. The molecule has 1 aliphatic rings. The standard InChI is InChI=1S/C21H26N4O3/c1-18(26)25(20-9-5-6-10-22-20)16-13-23-11-14-24(15-12-23)21(27)28-17-19-7-3-2-4-8-19/h2-10H,11-17H2,1H3. The van der Waals surface area contributed by atoms with Crippen molar-refractivity contribution in [3.05, 3.63) is 60.3 Å². The normalized spacial score (nSPS) is 14.5. The molecule has 1 aromatic heterocycles. The van der Waals surface area contributed by atoms with E-state index in [9.17, 15) is 9.59 Å². The second-order valence-corrected chi connectivity index (χ2v) is 6.73. The molecule has 1 fully saturated rings. The van der Waals surface area contributed by atoms with E-state index in [1.807, 2.05) is 48.5 Å².